The largest absolute Gasteiger partial charge is 0.406 e. The molecule has 114 valence electrons. The molecule has 0 aromatic carbocycles. The van der Waals surface area contributed by atoms with Gasteiger partial charge in [0.2, 0.25) is 5.89 Å². The Balaban J connectivity index is 1.96. The van der Waals surface area contributed by atoms with Gasteiger partial charge in [0, 0.05) is 13.1 Å². The summed E-state index contributed by atoms with van der Waals surface area (Å²) in [5.74, 6) is 1.38. The highest BCUT2D eigenvalue weighted by Crippen LogP contribution is 2.35. The first-order chi connectivity index (χ1) is 9.41. The summed E-state index contributed by atoms with van der Waals surface area (Å²) in [6.07, 6.45) is 2.30. The van der Waals surface area contributed by atoms with E-state index >= 15 is 0 Å². The fourth-order valence-corrected chi connectivity index (χ4v) is 2.62. The van der Waals surface area contributed by atoms with Gasteiger partial charge in [0.05, 0.1) is 6.04 Å². The molecule has 0 radical (unpaired) electrons. The Morgan fingerprint density at radius 1 is 1.40 bits per heavy atom. The normalized spacial score (nSPS) is 21.4. The van der Waals surface area contributed by atoms with E-state index in [1.807, 2.05) is 0 Å². The number of aromatic nitrogens is 2. The number of anilines is 1. The molecule has 2 atom stereocenters. The molecular weight excluding hydrogens is 252 g/mol. The number of nitrogens with zero attached hydrogens (tertiary/aromatic N) is 3. The van der Waals surface area contributed by atoms with Crippen LogP contribution in [0.4, 0.5) is 6.01 Å². The lowest BCUT2D eigenvalue weighted by molar-refractivity contribution is 0.263. The number of hydrogen-bond acceptors (Lipinski definition) is 5. The van der Waals surface area contributed by atoms with Crippen LogP contribution in [-0.4, -0.2) is 29.8 Å². The summed E-state index contributed by atoms with van der Waals surface area (Å²) in [5.41, 5.74) is 0.341. The van der Waals surface area contributed by atoms with Gasteiger partial charge in [-0.3, -0.25) is 0 Å². The lowest BCUT2D eigenvalue weighted by Crippen LogP contribution is -2.26. The molecule has 2 rings (SSSR count). The Hall–Kier alpha value is -1.10. The van der Waals surface area contributed by atoms with Crippen LogP contribution in [0.3, 0.4) is 0 Å². The van der Waals surface area contributed by atoms with Crippen molar-refractivity contribution in [2.24, 2.45) is 11.3 Å². The summed E-state index contributed by atoms with van der Waals surface area (Å²) in [7, 11) is 0. The molecular formula is C15H28N4O. The van der Waals surface area contributed by atoms with E-state index in [4.69, 9.17) is 4.42 Å². The van der Waals surface area contributed by atoms with Crippen LogP contribution in [-0.2, 0) is 0 Å². The third-order valence-electron chi connectivity index (χ3n) is 4.18. The minimum Gasteiger partial charge on any atom is -0.406 e. The predicted molar refractivity (Wildman–Crippen MR) is 80.8 cm³/mol. The van der Waals surface area contributed by atoms with Gasteiger partial charge in [-0.1, -0.05) is 32.8 Å². The lowest BCUT2D eigenvalue weighted by Gasteiger charge is -2.26. The van der Waals surface area contributed by atoms with E-state index in [2.05, 4.69) is 55.0 Å². The zero-order chi connectivity index (χ0) is 14.8. The molecule has 1 aliphatic heterocycles. The van der Waals surface area contributed by atoms with E-state index in [9.17, 15) is 0 Å². The summed E-state index contributed by atoms with van der Waals surface area (Å²) in [6.45, 7) is 14.1. The van der Waals surface area contributed by atoms with Gasteiger partial charge in [0.15, 0.2) is 0 Å². The Kier molecular flexibility index (Phi) is 4.68. The van der Waals surface area contributed by atoms with Crippen molar-refractivity contribution in [3.63, 3.8) is 0 Å². The number of nitrogens with one attached hydrogen (secondary N) is 1. The van der Waals surface area contributed by atoms with Crippen LogP contribution >= 0.6 is 0 Å². The molecule has 1 saturated heterocycles. The molecule has 5 nitrogen and oxygen atoms in total. The molecule has 2 heterocycles. The second-order valence-corrected chi connectivity index (χ2v) is 6.90. The van der Waals surface area contributed by atoms with Gasteiger partial charge in [0.1, 0.15) is 0 Å². The lowest BCUT2D eigenvalue weighted by atomic mass is 9.80. The molecule has 0 saturated carbocycles. The quantitative estimate of drug-likeness (QED) is 0.898. The van der Waals surface area contributed by atoms with Crippen molar-refractivity contribution in [3.05, 3.63) is 5.89 Å². The molecule has 1 aromatic heterocycles. The van der Waals surface area contributed by atoms with Crippen LogP contribution in [0.15, 0.2) is 4.42 Å². The van der Waals surface area contributed by atoms with Gasteiger partial charge < -0.3 is 14.6 Å². The van der Waals surface area contributed by atoms with Crippen molar-refractivity contribution in [1.82, 2.24) is 15.5 Å². The predicted octanol–water partition coefficient (Wildman–Crippen LogP) is 3.00. The molecule has 1 aliphatic rings. The average Bonchev–Trinajstić information content (AvgIpc) is 3.02. The summed E-state index contributed by atoms with van der Waals surface area (Å²) >= 11 is 0. The summed E-state index contributed by atoms with van der Waals surface area (Å²) in [5, 5.41) is 11.8. The molecule has 2 unspecified atom stereocenters. The van der Waals surface area contributed by atoms with E-state index < -0.39 is 0 Å². The van der Waals surface area contributed by atoms with E-state index in [0.717, 1.165) is 26.1 Å². The van der Waals surface area contributed by atoms with Crippen molar-refractivity contribution in [3.8, 4) is 0 Å². The molecule has 20 heavy (non-hydrogen) atoms. The molecule has 1 fully saturated rings. The van der Waals surface area contributed by atoms with Gasteiger partial charge in [-0.2, -0.15) is 0 Å². The molecule has 0 spiro atoms. The fraction of sp³-hybridized carbons (Fsp3) is 0.867. The first-order valence-electron chi connectivity index (χ1n) is 7.73. The maximum Gasteiger partial charge on any atom is 0.318 e. The standard InChI is InChI=1S/C15H28N4O/c1-6-8-16-11(2)13-17-18-14(20-13)19-9-7-12(10-19)15(3,4)5/h11-12,16H,6-10H2,1-5H3. The fourth-order valence-electron chi connectivity index (χ4n) is 2.62. The molecule has 1 N–H and O–H groups in total. The minimum atomic E-state index is 0.122. The van der Waals surface area contributed by atoms with Gasteiger partial charge in [-0.05, 0) is 37.6 Å². The SMILES string of the molecule is CCCNC(C)c1nnc(N2CCC(C(C)(C)C)C2)o1. The van der Waals surface area contributed by atoms with Gasteiger partial charge in [-0.15, -0.1) is 5.10 Å². The van der Waals surface area contributed by atoms with Crippen molar-refractivity contribution in [2.45, 2.75) is 53.5 Å². The Morgan fingerprint density at radius 3 is 2.75 bits per heavy atom. The van der Waals surface area contributed by atoms with Crippen molar-refractivity contribution in [2.75, 3.05) is 24.5 Å². The van der Waals surface area contributed by atoms with Crippen LogP contribution < -0.4 is 10.2 Å². The van der Waals surface area contributed by atoms with Crippen LogP contribution in [0.5, 0.6) is 0 Å². The third kappa shape index (κ3) is 3.51. The third-order valence-corrected chi connectivity index (χ3v) is 4.18. The maximum absolute atomic E-state index is 5.83. The first-order valence-corrected chi connectivity index (χ1v) is 7.73. The van der Waals surface area contributed by atoms with E-state index in [1.54, 1.807) is 0 Å². The molecule has 0 bridgehead atoms. The minimum absolute atomic E-state index is 0.122. The van der Waals surface area contributed by atoms with E-state index in [0.29, 0.717) is 23.2 Å². The maximum atomic E-state index is 5.83. The van der Waals surface area contributed by atoms with Crippen LogP contribution in [0.25, 0.3) is 0 Å². The van der Waals surface area contributed by atoms with Crippen molar-refractivity contribution < 1.29 is 4.42 Å². The highest BCUT2D eigenvalue weighted by Gasteiger charge is 2.33. The topological polar surface area (TPSA) is 54.2 Å². The van der Waals surface area contributed by atoms with Gasteiger partial charge in [0.25, 0.3) is 0 Å². The number of rotatable bonds is 5. The molecule has 0 amide bonds. The Labute approximate surface area is 122 Å². The summed E-state index contributed by atoms with van der Waals surface area (Å²) in [4.78, 5) is 2.22. The molecule has 1 aromatic rings. The van der Waals surface area contributed by atoms with Gasteiger partial charge >= 0.3 is 6.01 Å². The second kappa shape index (κ2) is 6.12. The Bertz CT molecular complexity index is 424. The number of hydrogen-bond donors (Lipinski definition) is 1. The van der Waals surface area contributed by atoms with Crippen molar-refractivity contribution >= 4 is 6.01 Å². The van der Waals surface area contributed by atoms with E-state index in [1.165, 1.54) is 6.42 Å². The molecule has 0 aliphatic carbocycles. The Morgan fingerprint density at radius 2 is 2.15 bits per heavy atom. The first kappa shape index (κ1) is 15.3. The zero-order valence-electron chi connectivity index (χ0n) is 13.4. The molecule has 5 heteroatoms. The second-order valence-electron chi connectivity index (χ2n) is 6.90. The zero-order valence-corrected chi connectivity index (χ0v) is 13.4. The smallest absolute Gasteiger partial charge is 0.318 e. The van der Waals surface area contributed by atoms with Gasteiger partial charge in [-0.25, -0.2) is 0 Å². The summed E-state index contributed by atoms with van der Waals surface area (Å²) in [6, 6.07) is 0.800. The van der Waals surface area contributed by atoms with Crippen LogP contribution in [0.1, 0.15) is 59.4 Å². The van der Waals surface area contributed by atoms with E-state index in [-0.39, 0.29) is 6.04 Å². The summed E-state index contributed by atoms with van der Waals surface area (Å²) < 4.78 is 5.83. The van der Waals surface area contributed by atoms with Crippen LogP contribution in [0, 0.1) is 11.3 Å². The van der Waals surface area contributed by atoms with Crippen LogP contribution in [0.2, 0.25) is 0 Å². The highest BCUT2D eigenvalue weighted by atomic mass is 16.4. The van der Waals surface area contributed by atoms with Crippen molar-refractivity contribution in [1.29, 1.82) is 0 Å². The monoisotopic (exact) mass is 280 g/mol. The average molecular weight is 280 g/mol. The highest BCUT2D eigenvalue weighted by molar-refractivity contribution is 5.27.